The SMILES string of the molecule is CCCCCCCCCCCC1OC2(c3cccc(Cl)c3)OC(=N)C(C#N)(C2C)C1(C#N)C#N. The van der Waals surface area contributed by atoms with Crippen molar-refractivity contribution in [2.45, 2.75) is 89.9 Å². The van der Waals surface area contributed by atoms with Crippen LogP contribution >= 0.6 is 11.6 Å². The molecule has 2 bridgehead atoms. The van der Waals surface area contributed by atoms with Crippen LogP contribution in [-0.2, 0) is 15.3 Å². The molecule has 2 heterocycles. The zero-order chi connectivity index (χ0) is 24.8. The number of ether oxygens (including phenoxy) is 2. The predicted octanol–water partition coefficient (Wildman–Crippen LogP) is 7.00. The van der Waals surface area contributed by atoms with E-state index in [0.717, 1.165) is 25.7 Å². The van der Waals surface area contributed by atoms with E-state index in [1.54, 1.807) is 31.2 Å². The van der Waals surface area contributed by atoms with Crippen molar-refractivity contribution in [2.75, 3.05) is 0 Å². The molecule has 0 amide bonds. The minimum absolute atomic E-state index is 0.389. The molecule has 34 heavy (non-hydrogen) atoms. The lowest BCUT2D eigenvalue weighted by atomic mass is 9.53. The average Bonchev–Trinajstić information content (AvgIpc) is 3.00. The van der Waals surface area contributed by atoms with Crippen LogP contribution in [0.4, 0.5) is 0 Å². The second-order valence-electron chi connectivity index (χ2n) is 9.51. The van der Waals surface area contributed by atoms with Crippen molar-refractivity contribution in [3.8, 4) is 18.2 Å². The third-order valence-electron chi connectivity index (χ3n) is 7.58. The van der Waals surface area contributed by atoms with Crippen molar-refractivity contribution in [2.24, 2.45) is 16.7 Å². The maximum atomic E-state index is 10.3. The molecular formula is C27H33ClN4O2. The van der Waals surface area contributed by atoms with Crippen LogP contribution in [0, 0.1) is 56.2 Å². The van der Waals surface area contributed by atoms with Crippen molar-refractivity contribution >= 4 is 17.5 Å². The summed E-state index contributed by atoms with van der Waals surface area (Å²) in [5, 5.41) is 39.9. The molecule has 2 aliphatic rings. The first kappa shape index (κ1) is 26.0. The summed E-state index contributed by atoms with van der Waals surface area (Å²) in [5.41, 5.74) is -2.99. The monoisotopic (exact) mass is 480 g/mol. The maximum absolute atomic E-state index is 10.3. The molecule has 1 N–H and O–H groups in total. The number of hydrogen-bond acceptors (Lipinski definition) is 6. The molecular weight excluding hydrogens is 448 g/mol. The van der Waals surface area contributed by atoms with Gasteiger partial charge in [-0.2, -0.15) is 15.8 Å². The lowest BCUT2D eigenvalue weighted by Gasteiger charge is -2.48. The van der Waals surface area contributed by atoms with Gasteiger partial charge in [0.25, 0.3) is 0 Å². The molecule has 0 spiro atoms. The number of benzene rings is 1. The molecule has 2 saturated heterocycles. The topological polar surface area (TPSA) is 114 Å². The highest BCUT2D eigenvalue weighted by Crippen LogP contribution is 2.66. The van der Waals surface area contributed by atoms with Gasteiger partial charge in [0.05, 0.1) is 30.2 Å². The molecule has 2 fully saturated rings. The molecule has 7 heteroatoms. The number of nitrogens with zero attached hydrogens (tertiary/aromatic N) is 3. The molecule has 4 atom stereocenters. The molecule has 180 valence electrons. The van der Waals surface area contributed by atoms with Crippen LogP contribution in [0.1, 0.15) is 83.6 Å². The molecule has 1 aromatic rings. The Balaban J connectivity index is 1.83. The Labute approximate surface area is 207 Å². The van der Waals surface area contributed by atoms with Gasteiger partial charge in [0, 0.05) is 10.6 Å². The number of fused-ring (bicyclic) bond motifs is 2. The third kappa shape index (κ3) is 4.07. The van der Waals surface area contributed by atoms with Crippen molar-refractivity contribution in [1.29, 1.82) is 21.2 Å². The Bertz CT molecular complexity index is 1010. The van der Waals surface area contributed by atoms with Crippen LogP contribution in [0.3, 0.4) is 0 Å². The van der Waals surface area contributed by atoms with Crippen LogP contribution in [0.25, 0.3) is 0 Å². The van der Waals surface area contributed by atoms with Gasteiger partial charge in [0.1, 0.15) is 0 Å². The predicted molar refractivity (Wildman–Crippen MR) is 130 cm³/mol. The molecule has 1 aromatic carbocycles. The number of halogens is 1. The maximum Gasteiger partial charge on any atom is 0.243 e. The van der Waals surface area contributed by atoms with Gasteiger partial charge in [0.15, 0.2) is 10.8 Å². The number of unbranched alkanes of at least 4 members (excludes halogenated alkanes) is 8. The quantitative estimate of drug-likeness (QED) is 0.342. The zero-order valence-electron chi connectivity index (χ0n) is 20.1. The van der Waals surface area contributed by atoms with E-state index in [1.807, 2.05) is 0 Å². The standard InChI is InChI=1S/C27H33ClN4O2/c1-3-4-5-6-7-8-9-10-11-15-23-25(17-29,18-30)26(19-31)20(2)27(33-23,34-24(26)32)21-13-12-14-22(28)16-21/h12-14,16,20,23,32H,3-11,15H2,1-2H3. The van der Waals surface area contributed by atoms with E-state index in [1.165, 1.54) is 32.1 Å². The van der Waals surface area contributed by atoms with Crippen LogP contribution in [0.5, 0.6) is 0 Å². The minimum atomic E-state index is -1.84. The average molecular weight is 481 g/mol. The molecule has 0 radical (unpaired) electrons. The van der Waals surface area contributed by atoms with Gasteiger partial charge in [-0.15, -0.1) is 0 Å². The van der Waals surface area contributed by atoms with E-state index in [9.17, 15) is 15.8 Å². The summed E-state index contributed by atoms with van der Waals surface area (Å²) in [5.74, 6) is -2.59. The fourth-order valence-corrected chi connectivity index (χ4v) is 5.77. The highest BCUT2D eigenvalue weighted by Gasteiger charge is 2.79. The molecule has 4 unspecified atom stereocenters. The zero-order valence-corrected chi connectivity index (χ0v) is 20.8. The Morgan fingerprint density at radius 3 is 2.15 bits per heavy atom. The second-order valence-corrected chi connectivity index (χ2v) is 9.94. The third-order valence-corrected chi connectivity index (χ3v) is 7.81. The van der Waals surface area contributed by atoms with Crippen molar-refractivity contribution in [1.82, 2.24) is 0 Å². The Hall–Kier alpha value is -2.59. The van der Waals surface area contributed by atoms with Crippen molar-refractivity contribution in [3.05, 3.63) is 34.9 Å². The van der Waals surface area contributed by atoms with Gasteiger partial charge in [-0.1, -0.05) is 95.4 Å². The summed E-state index contributed by atoms with van der Waals surface area (Å²) in [6.45, 7) is 3.92. The lowest BCUT2D eigenvalue weighted by Crippen LogP contribution is -2.60. The highest BCUT2D eigenvalue weighted by atomic mass is 35.5. The number of rotatable bonds is 11. The lowest BCUT2D eigenvalue weighted by molar-refractivity contribution is -0.286. The van der Waals surface area contributed by atoms with Gasteiger partial charge in [-0.3, -0.25) is 5.41 Å². The number of nitrogens with one attached hydrogen (secondary N) is 1. The summed E-state index contributed by atoms with van der Waals surface area (Å²) in [7, 11) is 0. The summed E-state index contributed by atoms with van der Waals surface area (Å²) in [6, 6.07) is 13.3. The van der Waals surface area contributed by atoms with Crippen LogP contribution in [-0.4, -0.2) is 12.0 Å². The number of nitriles is 3. The fraction of sp³-hybridized carbons (Fsp3) is 0.630. The van der Waals surface area contributed by atoms with Crippen LogP contribution in [0.2, 0.25) is 5.02 Å². The Morgan fingerprint density at radius 1 is 0.971 bits per heavy atom. The molecule has 6 nitrogen and oxygen atoms in total. The highest BCUT2D eigenvalue weighted by molar-refractivity contribution is 6.30. The number of hydrogen-bond donors (Lipinski definition) is 1. The van der Waals surface area contributed by atoms with Crippen LogP contribution < -0.4 is 0 Å². The molecule has 0 aromatic heterocycles. The summed E-state index contributed by atoms with van der Waals surface area (Å²) in [6.07, 6.45) is 9.82. The first-order valence-corrected chi connectivity index (χ1v) is 12.7. The van der Waals surface area contributed by atoms with Gasteiger partial charge >= 0.3 is 0 Å². The summed E-state index contributed by atoms with van der Waals surface area (Å²) >= 11 is 6.23. The van der Waals surface area contributed by atoms with Crippen LogP contribution in [0.15, 0.2) is 24.3 Å². The molecule has 0 aliphatic carbocycles. The van der Waals surface area contributed by atoms with Crippen molar-refractivity contribution in [3.63, 3.8) is 0 Å². The van der Waals surface area contributed by atoms with Gasteiger partial charge < -0.3 is 9.47 Å². The second kappa shape index (κ2) is 10.8. The normalized spacial score (nSPS) is 29.0. The Morgan fingerprint density at radius 2 is 1.59 bits per heavy atom. The summed E-state index contributed by atoms with van der Waals surface area (Å²) in [4.78, 5) is 0. The van der Waals surface area contributed by atoms with E-state index in [4.69, 9.17) is 26.5 Å². The van der Waals surface area contributed by atoms with Crippen molar-refractivity contribution < 1.29 is 9.47 Å². The van der Waals surface area contributed by atoms with Gasteiger partial charge in [0.2, 0.25) is 11.7 Å². The smallest absolute Gasteiger partial charge is 0.243 e. The fourth-order valence-electron chi connectivity index (χ4n) is 5.58. The Kier molecular flexibility index (Phi) is 8.25. The van der Waals surface area contributed by atoms with E-state index in [-0.39, 0.29) is 5.90 Å². The molecule has 3 rings (SSSR count). The van der Waals surface area contributed by atoms with E-state index in [0.29, 0.717) is 17.0 Å². The first-order valence-electron chi connectivity index (χ1n) is 12.3. The minimum Gasteiger partial charge on any atom is -0.443 e. The first-order chi connectivity index (χ1) is 16.4. The summed E-state index contributed by atoms with van der Waals surface area (Å²) < 4.78 is 12.4. The molecule has 0 saturated carbocycles. The van der Waals surface area contributed by atoms with Gasteiger partial charge in [-0.25, -0.2) is 0 Å². The van der Waals surface area contributed by atoms with Gasteiger partial charge in [-0.05, 0) is 18.6 Å². The molecule has 2 aliphatic heterocycles. The van der Waals surface area contributed by atoms with E-state index in [2.05, 4.69) is 25.1 Å². The van der Waals surface area contributed by atoms with E-state index < -0.39 is 28.6 Å². The van der Waals surface area contributed by atoms with E-state index >= 15 is 0 Å². The largest absolute Gasteiger partial charge is 0.443 e.